The van der Waals surface area contributed by atoms with E-state index in [1.54, 1.807) is 0 Å². The van der Waals surface area contributed by atoms with E-state index in [1.807, 2.05) is 9.80 Å². The largest absolute Gasteiger partial charge is 0.323 e. The number of carbonyl (C=O) groups is 1. The van der Waals surface area contributed by atoms with Crippen LogP contribution in [0.5, 0.6) is 0 Å². The average molecular weight is 262 g/mol. The Balaban J connectivity index is 2.19. The number of urea groups is 1. The molecule has 3 nitrogen and oxygen atoms in total. The molecule has 5 heteroatoms. The molecule has 0 aliphatic carbocycles. The highest BCUT2D eigenvalue weighted by atomic mass is 32.1. The van der Waals surface area contributed by atoms with Crippen LogP contribution in [-0.4, -0.2) is 53.5 Å². The summed E-state index contributed by atoms with van der Waals surface area (Å²) in [4.78, 5) is 15.8. The molecule has 0 bridgehead atoms. The summed E-state index contributed by atoms with van der Waals surface area (Å²) in [5.41, 5.74) is 0. The SMILES string of the molecule is O=C1N(CCCCS)CCN1CCCCS. The van der Waals surface area contributed by atoms with Crippen LogP contribution in [0.1, 0.15) is 25.7 Å². The van der Waals surface area contributed by atoms with Gasteiger partial charge in [0.15, 0.2) is 0 Å². The number of thiol groups is 2. The van der Waals surface area contributed by atoms with Crippen molar-refractivity contribution in [3.05, 3.63) is 0 Å². The third kappa shape index (κ3) is 4.45. The average Bonchev–Trinajstić information content (AvgIpc) is 2.62. The van der Waals surface area contributed by atoms with Crippen molar-refractivity contribution in [2.45, 2.75) is 25.7 Å². The number of nitrogens with zero attached hydrogens (tertiary/aromatic N) is 2. The Morgan fingerprint density at radius 2 is 1.31 bits per heavy atom. The van der Waals surface area contributed by atoms with Gasteiger partial charge in [-0.2, -0.15) is 25.3 Å². The summed E-state index contributed by atoms with van der Waals surface area (Å²) < 4.78 is 0. The summed E-state index contributed by atoms with van der Waals surface area (Å²) in [5.74, 6) is 1.82. The van der Waals surface area contributed by atoms with Crippen LogP contribution in [0.15, 0.2) is 0 Å². The molecule has 0 aromatic carbocycles. The maximum atomic E-state index is 11.9. The fourth-order valence-electron chi connectivity index (χ4n) is 1.88. The van der Waals surface area contributed by atoms with E-state index < -0.39 is 0 Å². The number of rotatable bonds is 8. The van der Waals surface area contributed by atoms with Crippen LogP contribution in [0.25, 0.3) is 0 Å². The molecule has 1 saturated heterocycles. The van der Waals surface area contributed by atoms with Crippen molar-refractivity contribution in [3.63, 3.8) is 0 Å². The molecule has 1 fully saturated rings. The molecule has 0 spiro atoms. The first-order chi connectivity index (χ1) is 7.79. The van der Waals surface area contributed by atoms with Gasteiger partial charge in [-0.3, -0.25) is 0 Å². The van der Waals surface area contributed by atoms with Gasteiger partial charge in [-0.1, -0.05) is 0 Å². The number of unbranched alkanes of at least 4 members (excludes halogenated alkanes) is 2. The second-order valence-corrected chi connectivity index (χ2v) is 5.01. The Hall–Kier alpha value is -0.0300. The van der Waals surface area contributed by atoms with Crippen LogP contribution in [-0.2, 0) is 0 Å². The van der Waals surface area contributed by atoms with E-state index in [1.165, 1.54) is 0 Å². The first-order valence-electron chi connectivity index (χ1n) is 6.05. The summed E-state index contributed by atoms with van der Waals surface area (Å²) >= 11 is 8.35. The normalized spacial score (nSPS) is 16.2. The summed E-state index contributed by atoms with van der Waals surface area (Å²) in [6, 6.07) is 0.221. The first kappa shape index (κ1) is 14.0. The summed E-state index contributed by atoms with van der Waals surface area (Å²) in [6.07, 6.45) is 4.32. The zero-order valence-electron chi connectivity index (χ0n) is 9.77. The second kappa shape index (κ2) is 8.12. The highest BCUT2D eigenvalue weighted by Crippen LogP contribution is 2.11. The molecular formula is C11H22N2OS2. The van der Waals surface area contributed by atoms with Crippen molar-refractivity contribution in [1.82, 2.24) is 9.80 Å². The molecule has 0 aromatic heterocycles. The Morgan fingerprint density at radius 3 is 1.69 bits per heavy atom. The van der Waals surface area contributed by atoms with Crippen LogP contribution < -0.4 is 0 Å². The van der Waals surface area contributed by atoms with E-state index in [4.69, 9.17) is 0 Å². The lowest BCUT2D eigenvalue weighted by molar-refractivity contribution is 0.191. The highest BCUT2D eigenvalue weighted by molar-refractivity contribution is 7.80. The molecule has 0 aromatic rings. The van der Waals surface area contributed by atoms with E-state index in [0.717, 1.165) is 63.4 Å². The van der Waals surface area contributed by atoms with Crippen LogP contribution in [0, 0.1) is 0 Å². The Morgan fingerprint density at radius 1 is 0.875 bits per heavy atom. The number of carbonyl (C=O) groups excluding carboxylic acids is 1. The highest BCUT2D eigenvalue weighted by Gasteiger charge is 2.26. The molecule has 0 saturated carbocycles. The quantitative estimate of drug-likeness (QED) is 0.508. The lowest BCUT2D eigenvalue weighted by Gasteiger charge is -2.18. The maximum absolute atomic E-state index is 11.9. The van der Waals surface area contributed by atoms with Gasteiger partial charge in [0.05, 0.1) is 0 Å². The van der Waals surface area contributed by atoms with Crippen LogP contribution in [0.2, 0.25) is 0 Å². The Bertz CT molecular complexity index is 194. The molecule has 0 unspecified atom stereocenters. The van der Waals surface area contributed by atoms with Gasteiger partial charge in [-0.15, -0.1) is 0 Å². The predicted molar refractivity (Wildman–Crippen MR) is 74.7 cm³/mol. The summed E-state index contributed by atoms with van der Waals surface area (Å²) in [6.45, 7) is 3.57. The molecule has 2 amide bonds. The van der Waals surface area contributed by atoms with Crippen molar-refractivity contribution < 1.29 is 4.79 Å². The molecule has 1 heterocycles. The molecule has 16 heavy (non-hydrogen) atoms. The number of hydrogen-bond donors (Lipinski definition) is 2. The van der Waals surface area contributed by atoms with Crippen molar-refractivity contribution in [2.75, 3.05) is 37.7 Å². The van der Waals surface area contributed by atoms with Crippen LogP contribution in [0.4, 0.5) is 4.79 Å². The van der Waals surface area contributed by atoms with Gasteiger partial charge in [0, 0.05) is 26.2 Å². The van der Waals surface area contributed by atoms with Gasteiger partial charge in [0.2, 0.25) is 0 Å². The molecule has 0 atom stereocenters. The van der Waals surface area contributed by atoms with Crippen molar-refractivity contribution in [2.24, 2.45) is 0 Å². The zero-order chi connectivity index (χ0) is 11.8. The minimum absolute atomic E-state index is 0.221. The van der Waals surface area contributed by atoms with Gasteiger partial charge in [-0.05, 0) is 37.2 Å². The predicted octanol–water partition coefficient (Wildman–Crippen LogP) is 2.14. The fraction of sp³-hybridized carbons (Fsp3) is 0.909. The van der Waals surface area contributed by atoms with E-state index in [2.05, 4.69) is 25.3 Å². The fourth-order valence-corrected chi connectivity index (χ4v) is 2.32. The molecule has 0 N–H and O–H groups in total. The van der Waals surface area contributed by atoms with Crippen LogP contribution in [0.3, 0.4) is 0 Å². The van der Waals surface area contributed by atoms with Gasteiger partial charge in [0.25, 0.3) is 0 Å². The minimum atomic E-state index is 0.221. The first-order valence-corrected chi connectivity index (χ1v) is 7.31. The van der Waals surface area contributed by atoms with Crippen molar-refractivity contribution in [1.29, 1.82) is 0 Å². The van der Waals surface area contributed by atoms with Gasteiger partial charge in [0.1, 0.15) is 0 Å². The van der Waals surface area contributed by atoms with E-state index in [0.29, 0.717) is 0 Å². The molecular weight excluding hydrogens is 240 g/mol. The van der Waals surface area contributed by atoms with Crippen molar-refractivity contribution >= 4 is 31.3 Å². The monoisotopic (exact) mass is 262 g/mol. The standard InChI is InChI=1S/C11H22N2OS2/c14-11-12(5-1-3-9-15)7-8-13(11)6-2-4-10-16/h15-16H,1-10H2. The lowest BCUT2D eigenvalue weighted by atomic mass is 10.3. The van der Waals surface area contributed by atoms with Gasteiger partial charge >= 0.3 is 6.03 Å². The Kier molecular flexibility index (Phi) is 7.12. The lowest BCUT2D eigenvalue weighted by Crippen LogP contribution is -2.33. The van der Waals surface area contributed by atoms with Crippen LogP contribution >= 0.6 is 25.3 Å². The maximum Gasteiger partial charge on any atom is 0.320 e. The number of amides is 2. The molecule has 0 radical (unpaired) electrons. The molecule has 1 aliphatic rings. The smallest absolute Gasteiger partial charge is 0.320 e. The molecule has 1 rings (SSSR count). The van der Waals surface area contributed by atoms with Crippen molar-refractivity contribution in [3.8, 4) is 0 Å². The minimum Gasteiger partial charge on any atom is -0.323 e. The number of hydrogen-bond acceptors (Lipinski definition) is 3. The second-order valence-electron chi connectivity index (χ2n) is 4.12. The molecule has 1 aliphatic heterocycles. The van der Waals surface area contributed by atoms with E-state index in [9.17, 15) is 4.79 Å². The van der Waals surface area contributed by atoms with E-state index in [-0.39, 0.29) is 6.03 Å². The molecule has 94 valence electrons. The third-order valence-electron chi connectivity index (χ3n) is 2.85. The zero-order valence-corrected chi connectivity index (χ0v) is 11.6. The van der Waals surface area contributed by atoms with Gasteiger partial charge < -0.3 is 9.80 Å². The Labute approximate surface area is 109 Å². The van der Waals surface area contributed by atoms with Gasteiger partial charge in [-0.25, -0.2) is 4.79 Å². The summed E-state index contributed by atoms with van der Waals surface area (Å²) in [5, 5.41) is 0. The topological polar surface area (TPSA) is 23.6 Å². The summed E-state index contributed by atoms with van der Waals surface area (Å²) in [7, 11) is 0. The van der Waals surface area contributed by atoms with E-state index >= 15 is 0 Å². The third-order valence-corrected chi connectivity index (χ3v) is 3.49.